The third-order valence-electron chi connectivity index (χ3n) is 2.78. The number of hydrogen-bond acceptors (Lipinski definition) is 4. The summed E-state index contributed by atoms with van der Waals surface area (Å²) in [6.07, 6.45) is 1.44. The standard InChI is InChI=1S/C15H18FN3OS/c1-10(2)8-17-9-11-12(16)4-3-5-13(11)21-15-18-7-6-14(20)19-15/h3-7,10,17H,8-9H2,1-2H3,(H,18,19,20). The van der Waals surface area contributed by atoms with E-state index in [0.717, 1.165) is 11.4 Å². The van der Waals surface area contributed by atoms with E-state index in [1.807, 2.05) is 6.07 Å². The predicted octanol–water partition coefficient (Wildman–Crippen LogP) is 2.81. The molecule has 0 aliphatic heterocycles. The molecular weight excluding hydrogens is 289 g/mol. The smallest absolute Gasteiger partial charge is 0.251 e. The Kier molecular flexibility index (Phi) is 5.52. The van der Waals surface area contributed by atoms with Gasteiger partial charge >= 0.3 is 0 Å². The number of rotatable bonds is 6. The molecule has 0 bridgehead atoms. The molecule has 1 aromatic heterocycles. The zero-order chi connectivity index (χ0) is 15.2. The summed E-state index contributed by atoms with van der Waals surface area (Å²) in [4.78, 5) is 18.7. The molecule has 2 N–H and O–H groups in total. The maximum absolute atomic E-state index is 14.0. The Balaban J connectivity index is 2.18. The van der Waals surface area contributed by atoms with Crippen molar-refractivity contribution in [2.24, 2.45) is 5.92 Å². The molecule has 0 saturated carbocycles. The van der Waals surface area contributed by atoms with Gasteiger partial charge in [-0.25, -0.2) is 9.37 Å². The lowest BCUT2D eigenvalue weighted by molar-refractivity contribution is 0.530. The van der Waals surface area contributed by atoms with Gasteiger partial charge in [0.2, 0.25) is 0 Å². The van der Waals surface area contributed by atoms with Crippen molar-refractivity contribution < 1.29 is 4.39 Å². The minimum Gasteiger partial charge on any atom is -0.312 e. The van der Waals surface area contributed by atoms with Crippen molar-refractivity contribution in [2.45, 2.75) is 30.4 Å². The summed E-state index contributed by atoms with van der Waals surface area (Å²) in [5.41, 5.74) is 0.373. The maximum Gasteiger partial charge on any atom is 0.251 e. The molecule has 6 heteroatoms. The van der Waals surface area contributed by atoms with Crippen LogP contribution in [0.4, 0.5) is 4.39 Å². The number of aromatic nitrogens is 2. The van der Waals surface area contributed by atoms with E-state index in [9.17, 15) is 9.18 Å². The summed E-state index contributed by atoms with van der Waals surface area (Å²) in [6.45, 7) is 5.47. The van der Waals surface area contributed by atoms with Gasteiger partial charge in [0.05, 0.1) is 0 Å². The van der Waals surface area contributed by atoms with E-state index >= 15 is 0 Å². The summed E-state index contributed by atoms with van der Waals surface area (Å²) in [6, 6.07) is 6.27. The number of hydrogen-bond donors (Lipinski definition) is 2. The van der Waals surface area contributed by atoms with Gasteiger partial charge in [-0.2, -0.15) is 0 Å². The molecule has 21 heavy (non-hydrogen) atoms. The molecule has 0 atom stereocenters. The van der Waals surface area contributed by atoms with Crippen LogP contribution >= 0.6 is 11.8 Å². The summed E-state index contributed by atoms with van der Waals surface area (Å²) >= 11 is 1.25. The Morgan fingerprint density at radius 1 is 1.38 bits per heavy atom. The summed E-state index contributed by atoms with van der Waals surface area (Å²) in [7, 11) is 0. The maximum atomic E-state index is 14.0. The molecule has 2 rings (SSSR count). The molecule has 2 aromatic rings. The molecule has 0 unspecified atom stereocenters. The third kappa shape index (κ3) is 4.68. The Labute approximate surface area is 127 Å². The van der Waals surface area contributed by atoms with Gasteiger partial charge in [-0.05, 0) is 24.6 Å². The van der Waals surface area contributed by atoms with E-state index < -0.39 is 0 Å². The average Bonchev–Trinajstić information content (AvgIpc) is 2.41. The van der Waals surface area contributed by atoms with E-state index in [0.29, 0.717) is 23.2 Å². The first-order chi connectivity index (χ1) is 10.1. The first kappa shape index (κ1) is 15.7. The Morgan fingerprint density at radius 2 is 2.19 bits per heavy atom. The monoisotopic (exact) mass is 307 g/mol. The molecule has 0 saturated heterocycles. The van der Waals surface area contributed by atoms with Crippen LogP contribution in [0.2, 0.25) is 0 Å². The van der Waals surface area contributed by atoms with Crippen molar-refractivity contribution in [1.82, 2.24) is 15.3 Å². The number of H-pyrrole nitrogens is 1. The van der Waals surface area contributed by atoms with E-state index in [4.69, 9.17) is 0 Å². The summed E-state index contributed by atoms with van der Waals surface area (Å²) < 4.78 is 14.0. The van der Waals surface area contributed by atoms with Gasteiger partial charge < -0.3 is 10.3 Å². The second-order valence-electron chi connectivity index (χ2n) is 5.08. The highest BCUT2D eigenvalue weighted by atomic mass is 32.2. The quantitative estimate of drug-likeness (QED) is 0.806. The molecule has 1 aromatic carbocycles. The van der Waals surface area contributed by atoms with Gasteiger partial charge in [0, 0.05) is 29.3 Å². The molecular formula is C15H18FN3OS. The van der Waals surface area contributed by atoms with Crippen LogP contribution < -0.4 is 10.9 Å². The van der Waals surface area contributed by atoms with Crippen molar-refractivity contribution in [1.29, 1.82) is 0 Å². The van der Waals surface area contributed by atoms with Gasteiger partial charge in [-0.1, -0.05) is 31.7 Å². The van der Waals surface area contributed by atoms with Crippen molar-refractivity contribution in [3.63, 3.8) is 0 Å². The second kappa shape index (κ2) is 7.38. The van der Waals surface area contributed by atoms with Gasteiger partial charge in [0.25, 0.3) is 5.56 Å². The molecule has 0 amide bonds. The van der Waals surface area contributed by atoms with E-state index in [2.05, 4.69) is 29.1 Å². The predicted molar refractivity (Wildman–Crippen MR) is 81.9 cm³/mol. The van der Waals surface area contributed by atoms with Gasteiger partial charge in [-0.3, -0.25) is 4.79 Å². The zero-order valence-corrected chi connectivity index (χ0v) is 12.8. The lowest BCUT2D eigenvalue weighted by Crippen LogP contribution is -2.20. The highest BCUT2D eigenvalue weighted by molar-refractivity contribution is 7.99. The van der Waals surface area contributed by atoms with Crippen LogP contribution in [0.3, 0.4) is 0 Å². The van der Waals surface area contributed by atoms with Crippen LogP contribution in [0.5, 0.6) is 0 Å². The Bertz CT molecular complexity index is 657. The number of benzene rings is 1. The molecule has 0 aliphatic carbocycles. The SMILES string of the molecule is CC(C)CNCc1c(F)cccc1Sc1nccc(=O)[nH]1. The molecule has 0 aliphatic rings. The normalized spacial score (nSPS) is 11.0. The van der Waals surface area contributed by atoms with Crippen LogP contribution in [-0.4, -0.2) is 16.5 Å². The molecule has 0 fully saturated rings. The second-order valence-corrected chi connectivity index (χ2v) is 6.11. The van der Waals surface area contributed by atoms with Crippen molar-refractivity contribution >= 4 is 11.8 Å². The van der Waals surface area contributed by atoms with Crippen LogP contribution in [0.25, 0.3) is 0 Å². The number of aromatic amines is 1. The van der Waals surface area contributed by atoms with Crippen molar-refractivity contribution in [3.8, 4) is 0 Å². The molecule has 4 nitrogen and oxygen atoms in total. The van der Waals surface area contributed by atoms with Crippen LogP contribution in [-0.2, 0) is 6.54 Å². The van der Waals surface area contributed by atoms with Gasteiger partial charge in [0.15, 0.2) is 5.16 Å². The minimum absolute atomic E-state index is 0.219. The molecule has 1 heterocycles. The highest BCUT2D eigenvalue weighted by Crippen LogP contribution is 2.28. The first-order valence-electron chi connectivity index (χ1n) is 6.77. The number of nitrogens with zero attached hydrogens (tertiary/aromatic N) is 1. The van der Waals surface area contributed by atoms with Crippen LogP contribution in [0.15, 0.2) is 45.3 Å². The fourth-order valence-electron chi connectivity index (χ4n) is 1.80. The zero-order valence-electron chi connectivity index (χ0n) is 12.0. The topological polar surface area (TPSA) is 57.8 Å². The number of nitrogens with one attached hydrogen (secondary N) is 2. The highest BCUT2D eigenvalue weighted by Gasteiger charge is 2.11. The fraction of sp³-hybridized carbons (Fsp3) is 0.333. The van der Waals surface area contributed by atoms with Crippen molar-refractivity contribution in [2.75, 3.05) is 6.54 Å². The minimum atomic E-state index is -0.255. The van der Waals surface area contributed by atoms with E-state index in [-0.39, 0.29) is 11.4 Å². The summed E-state index contributed by atoms with van der Waals surface area (Å²) in [5.74, 6) is 0.245. The molecule has 112 valence electrons. The summed E-state index contributed by atoms with van der Waals surface area (Å²) in [5, 5.41) is 3.69. The fourth-order valence-corrected chi connectivity index (χ4v) is 2.71. The Hall–Kier alpha value is -1.66. The number of halogens is 1. The third-order valence-corrected chi connectivity index (χ3v) is 3.79. The lowest BCUT2D eigenvalue weighted by atomic mass is 10.2. The lowest BCUT2D eigenvalue weighted by Gasteiger charge is -2.12. The molecule has 0 spiro atoms. The van der Waals surface area contributed by atoms with Gasteiger partial charge in [0.1, 0.15) is 5.82 Å². The van der Waals surface area contributed by atoms with E-state index in [1.165, 1.54) is 30.1 Å². The largest absolute Gasteiger partial charge is 0.312 e. The Morgan fingerprint density at radius 3 is 2.90 bits per heavy atom. The van der Waals surface area contributed by atoms with Gasteiger partial charge in [-0.15, -0.1) is 0 Å². The first-order valence-corrected chi connectivity index (χ1v) is 7.59. The van der Waals surface area contributed by atoms with Crippen molar-refractivity contribution in [3.05, 3.63) is 52.2 Å². The average molecular weight is 307 g/mol. The molecule has 0 radical (unpaired) electrons. The van der Waals surface area contributed by atoms with Crippen LogP contribution in [0, 0.1) is 11.7 Å². The van der Waals surface area contributed by atoms with E-state index in [1.54, 1.807) is 6.07 Å². The van der Waals surface area contributed by atoms with Crippen LogP contribution in [0.1, 0.15) is 19.4 Å².